The summed E-state index contributed by atoms with van der Waals surface area (Å²) in [6, 6.07) is 0. The van der Waals surface area contributed by atoms with Gasteiger partial charge in [0.25, 0.3) is 0 Å². The van der Waals surface area contributed by atoms with E-state index in [0.29, 0.717) is 0 Å². The van der Waals surface area contributed by atoms with E-state index in [-0.39, 0.29) is 0 Å². The molecule has 14 fully saturated rings. The van der Waals surface area contributed by atoms with Crippen molar-refractivity contribution in [1.82, 2.24) is 0 Å². The summed E-state index contributed by atoms with van der Waals surface area (Å²) in [6.45, 7) is -12.5. The van der Waals surface area contributed by atoms with Crippen LogP contribution in [-0.2, 0) is 128 Å². The van der Waals surface area contributed by atoms with Crippen molar-refractivity contribution in [2.45, 2.75) is 393 Å². The third-order valence-electron chi connectivity index (χ3n) is 26.8. The number of ether oxygens (including phenoxy) is 27. The second kappa shape index (κ2) is 50.3. The Morgan fingerprint density at radius 1 is 0.147 bits per heavy atom. The standard InChI is InChI=1S/C78H130O65/c79-1-21-58(37(95)44(102)65(116)129-21)137-74-53(111)39(97)62(26(132-74)12-126-69-48(106)32(90)18(84)6-120-69)141-78-57(115)43(101)64(28(136-78)14-128-71-50(108)34(92)20(86)8-122-71)143-77-56(114)42(100)61(25(135-77)11-125-68-47(105)31(89)17(83)5-119-68)140-73-52(110)38(96)59(22(2-80)130-73)138-75-54(112)40(98)63(27(133-75)13-127-70-49(107)33(91)19(85)7-121-70)142-76-55(113)41(99)60(24(134-76)10-124-67-46(104)30(88)16(82)4-118-67)139-72-51(109)36(94)35(93)23(131-72)9-123-66-45(103)29(87)15(81)3-117-66/h15-116H,1-14H2/t15-,16-,17-,18-,19-,20-,21-,22-,23-,24-,25-,26-,27-,28-,29+,30+,31+,32+,33+,34+,35-,36+,37-,38-,39-,40-,41-,42-,43-,44-,45-,46-,47-,48-,49-,50-,51-,52-,53-,54-,55-,56-,57-,58-,59-,60-,61-,62-,63-,64-,65?,66-,67-,68-,69-,70-,71-,72+,73+,74+,75+,76+,77+,78+/m1/s1. The highest BCUT2D eigenvalue weighted by atomic mass is 16.8. The molecule has 64 atom stereocenters. The molecule has 0 aliphatic carbocycles. The van der Waals surface area contributed by atoms with Crippen LogP contribution in [0.4, 0.5) is 0 Å². The minimum atomic E-state index is -2.60. The Kier molecular flexibility index (Phi) is 40.8. The maximum absolute atomic E-state index is 12.4. The zero-order valence-corrected chi connectivity index (χ0v) is 74.9. The van der Waals surface area contributed by atoms with Crippen LogP contribution in [0.5, 0.6) is 0 Å². The molecule has 14 heterocycles. The van der Waals surface area contributed by atoms with Crippen molar-refractivity contribution in [2.24, 2.45) is 0 Å². The van der Waals surface area contributed by atoms with Gasteiger partial charge in [0.15, 0.2) is 88.1 Å². The van der Waals surface area contributed by atoms with Crippen LogP contribution in [0.2, 0.25) is 0 Å². The van der Waals surface area contributed by atoms with Crippen molar-refractivity contribution in [3.8, 4) is 0 Å². The molecular formula is C78H130O65. The Morgan fingerprint density at radius 3 is 0.503 bits per heavy atom. The molecular weight excluding hydrogens is 1980 g/mol. The van der Waals surface area contributed by atoms with Gasteiger partial charge in [0.05, 0.1) is 92.5 Å². The first kappa shape index (κ1) is 116. The van der Waals surface area contributed by atoms with Gasteiger partial charge in [-0.05, 0) is 0 Å². The van der Waals surface area contributed by atoms with Gasteiger partial charge in [0.1, 0.15) is 305 Å². The highest BCUT2D eigenvalue weighted by Gasteiger charge is 2.63. The number of rotatable bonds is 34. The average Bonchev–Trinajstić information content (AvgIpc) is 0.767. The van der Waals surface area contributed by atoms with Gasteiger partial charge in [0, 0.05) is 0 Å². The third-order valence-corrected chi connectivity index (χ3v) is 26.8. The van der Waals surface area contributed by atoms with Crippen LogP contribution >= 0.6 is 0 Å². The van der Waals surface area contributed by atoms with E-state index >= 15 is 0 Å². The van der Waals surface area contributed by atoms with Crippen LogP contribution in [0.15, 0.2) is 0 Å². The van der Waals surface area contributed by atoms with Crippen LogP contribution in [0.1, 0.15) is 0 Å². The molecule has 65 heteroatoms. The lowest BCUT2D eigenvalue weighted by molar-refractivity contribution is -0.404. The van der Waals surface area contributed by atoms with Crippen molar-refractivity contribution < 1.29 is 322 Å². The Bertz CT molecular complexity index is 3800. The molecule has 0 spiro atoms. The summed E-state index contributed by atoms with van der Waals surface area (Å²) < 4.78 is 156. The van der Waals surface area contributed by atoms with Crippen molar-refractivity contribution in [2.75, 3.05) is 92.5 Å². The van der Waals surface area contributed by atoms with Crippen LogP contribution < -0.4 is 0 Å². The quantitative estimate of drug-likeness (QED) is 0.0284. The highest BCUT2D eigenvalue weighted by molar-refractivity contribution is 5.04. The van der Waals surface area contributed by atoms with Gasteiger partial charge in [-0.2, -0.15) is 0 Å². The summed E-state index contributed by atoms with van der Waals surface area (Å²) in [6.07, 6.45) is -136. The molecule has 0 saturated carbocycles. The molecule has 0 bridgehead atoms. The summed E-state index contributed by atoms with van der Waals surface area (Å²) >= 11 is 0. The lowest BCUT2D eigenvalue weighted by atomic mass is 9.95. The Balaban J connectivity index is 0.692. The van der Waals surface area contributed by atoms with E-state index in [2.05, 4.69) is 0 Å². The number of hydrogen-bond acceptors (Lipinski definition) is 65. The van der Waals surface area contributed by atoms with Crippen LogP contribution in [0.3, 0.4) is 0 Å². The maximum atomic E-state index is 12.4. The third kappa shape index (κ3) is 25.5. The first-order chi connectivity index (χ1) is 67.7. The van der Waals surface area contributed by atoms with E-state index in [4.69, 9.17) is 128 Å². The van der Waals surface area contributed by atoms with Gasteiger partial charge in [-0.25, -0.2) is 0 Å². The van der Waals surface area contributed by atoms with Gasteiger partial charge in [-0.3, -0.25) is 0 Å². The molecule has 0 aromatic carbocycles. The summed E-state index contributed by atoms with van der Waals surface area (Å²) in [4.78, 5) is 0. The SMILES string of the molecule is OC[C@H]1O[C@@H](O[C@H]2[C@H](O)[C@@H](O)[C@H](O[C@H]3[C@H](O)[C@@H](O)[C@H](O[C@H]4[C@H](O)[C@@H](O)[C@H](O[C@H]5[C@H](O)[C@@H](O)C(O)O[C@@H]5CO)O[C@@H]4CO[C@H]4OC[C@@H](O)[C@H](O)[C@H]4O)O[C@@H]3CO[C@H]3OC[C@@H](O)[C@H](O)[C@H]3O)O[C@@H]2CO[C@H]2OC[C@@H](O)[C@H](O)[C@H]2O)[C@H](O)[C@@H](O)[C@@H]1O[C@@H]1O[C@H](CO[C@H]2OC[C@@H](O)[C@H](O)[C@H]2O)[C@@H](O[C@@H]2O[C@H](CO[C@H]3OC[C@@H](O)[C@H](O)[C@H]3O)[C@@H](O[C@@H]3O[C@H](CO[C@H]4OC[C@@H](O)[C@H](O)[C@H]4O)[C@@H](O)[C@H](O)[C@H]3O)[C@H](O)[C@H]2O)[C@H](O)[C@H]1O. The van der Waals surface area contributed by atoms with Crippen LogP contribution in [0, 0.1) is 0 Å². The molecule has 0 aromatic heterocycles. The topological polar surface area (TPSA) is 1020 Å². The highest BCUT2D eigenvalue weighted by Crippen LogP contribution is 2.42. The fourth-order valence-corrected chi connectivity index (χ4v) is 18.1. The van der Waals surface area contributed by atoms with Crippen LogP contribution in [-0.4, -0.2) is 680 Å². The second-order valence-electron chi connectivity index (χ2n) is 36.8. The molecule has 1 unspecified atom stereocenters. The van der Waals surface area contributed by atoms with Gasteiger partial charge in [-0.1, -0.05) is 0 Å². The van der Waals surface area contributed by atoms with E-state index in [1.54, 1.807) is 0 Å². The molecule has 143 heavy (non-hydrogen) atoms. The number of aliphatic hydroxyl groups is 38. The van der Waals surface area contributed by atoms with Crippen molar-refractivity contribution >= 4 is 0 Å². The molecule has 38 N–H and O–H groups in total. The van der Waals surface area contributed by atoms with E-state index in [1.165, 1.54) is 0 Å². The fraction of sp³-hybridized carbons (Fsp3) is 1.00. The lowest BCUT2D eigenvalue weighted by Gasteiger charge is -2.50. The molecule has 14 rings (SSSR count). The molecule has 0 radical (unpaired) electrons. The number of aliphatic hydroxyl groups excluding tert-OH is 38. The van der Waals surface area contributed by atoms with Crippen molar-refractivity contribution in [3.05, 3.63) is 0 Å². The fourth-order valence-electron chi connectivity index (χ4n) is 18.1. The Hall–Kier alpha value is -2.60. The molecule has 14 aliphatic rings. The minimum Gasteiger partial charge on any atom is -0.394 e. The molecule has 0 amide bonds. The van der Waals surface area contributed by atoms with E-state index in [1.807, 2.05) is 0 Å². The largest absolute Gasteiger partial charge is 0.394 e. The normalized spacial score (nSPS) is 54.3. The van der Waals surface area contributed by atoms with Crippen molar-refractivity contribution in [3.63, 3.8) is 0 Å². The summed E-state index contributed by atoms with van der Waals surface area (Å²) in [7, 11) is 0. The van der Waals surface area contributed by atoms with Gasteiger partial charge in [0.2, 0.25) is 0 Å². The van der Waals surface area contributed by atoms with E-state index in [9.17, 15) is 194 Å². The molecule has 14 saturated heterocycles. The summed E-state index contributed by atoms with van der Waals surface area (Å²) in [5.41, 5.74) is 0. The van der Waals surface area contributed by atoms with Crippen molar-refractivity contribution in [1.29, 1.82) is 0 Å². The zero-order chi connectivity index (χ0) is 104. The van der Waals surface area contributed by atoms with Crippen LogP contribution in [0.25, 0.3) is 0 Å². The monoisotopic (exact) mass is 2110 g/mol. The average molecular weight is 2110 g/mol. The van der Waals surface area contributed by atoms with Gasteiger partial charge < -0.3 is 322 Å². The predicted octanol–water partition coefficient (Wildman–Crippen LogP) is -27.7. The predicted molar refractivity (Wildman–Crippen MR) is 424 cm³/mol. The molecule has 14 aliphatic heterocycles. The molecule has 0 aromatic rings. The second-order valence-corrected chi connectivity index (χ2v) is 36.8. The smallest absolute Gasteiger partial charge is 0.187 e. The van der Waals surface area contributed by atoms with Gasteiger partial charge in [-0.15, -0.1) is 0 Å². The van der Waals surface area contributed by atoms with E-state index < -0.39 is 486 Å². The first-order valence-corrected chi connectivity index (χ1v) is 45.7. The lowest BCUT2D eigenvalue weighted by Crippen LogP contribution is -2.69. The summed E-state index contributed by atoms with van der Waals surface area (Å²) in [5, 5.41) is 421. The first-order valence-electron chi connectivity index (χ1n) is 45.7. The van der Waals surface area contributed by atoms with Gasteiger partial charge >= 0.3 is 0 Å². The summed E-state index contributed by atoms with van der Waals surface area (Å²) in [5.74, 6) is 0. The minimum absolute atomic E-state index is 0.553. The maximum Gasteiger partial charge on any atom is 0.187 e. The number of hydrogen-bond donors (Lipinski definition) is 38. The Labute approximate surface area is 805 Å². The Morgan fingerprint density at radius 2 is 0.301 bits per heavy atom. The molecule has 832 valence electrons. The van der Waals surface area contributed by atoms with E-state index in [0.717, 1.165) is 0 Å². The zero-order valence-electron chi connectivity index (χ0n) is 74.9. The molecule has 65 nitrogen and oxygen atoms in total.